The van der Waals surface area contributed by atoms with Gasteiger partial charge in [0, 0.05) is 18.1 Å². The van der Waals surface area contributed by atoms with Gasteiger partial charge in [0.2, 0.25) is 0 Å². The van der Waals surface area contributed by atoms with Gasteiger partial charge in [-0.25, -0.2) is 0 Å². The average Bonchev–Trinajstić information content (AvgIpc) is 2.67. The van der Waals surface area contributed by atoms with Crippen molar-refractivity contribution in [2.45, 2.75) is 77.4 Å². The summed E-state index contributed by atoms with van der Waals surface area (Å²) in [6, 6.07) is 2.26. The van der Waals surface area contributed by atoms with E-state index in [0.29, 0.717) is 6.04 Å². The van der Waals surface area contributed by atoms with E-state index in [2.05, 4.69) is 35.9 Å². The third-order valence-corrected chi connectivity index (χ3v) is 5.09. The molecular weight excluding hydrogens is 246 g/mol. The Hall–Kier alpha value is -0.120. The highest BCUT2D eigenvalue weighted by molar-refractivity contribution is 4.83. The van der Waals surface area contributed by atoms with Crippen molar-refractivity contribution in [1.29, 1.82) is 0 Å². The molecule has 3 heteroatoms. The molecule has 0 saturated carbocycles. The molecule has 2 aliphatic rings. The lowest BCUT2D eigenvalue weighted by Crippen LogP contribution is -2.46. The van der Waals surface area contributed by atoms with E-state index in [-0.39, 0.29) is 0 Å². The molecule has 0 bridgehead atoms. The topological polar surface area (TPSA) is 18.5 Å². The summed E-state index contributed by atoms with van der Waals surface area (Å²) in [7, 11) is 0. The number of likely N-dealkylation sites (tertiary alicyclic amines) is 2. The molecule has 118 valence electrons. The molecule has 0 amide bonds. The van der Waals surface area contributed by atoms with Gasteiger partial charge in [0.05, 0.1) is 0 Å². The van der Waals surface area contributed by atoms with Crippen LogP contribution in [0.3, 0.4) is 0 Å². The molecule has 0 radical (unpaired) electrons. The van der Waals surface area contributed by atoms with Gasteiger partial charge in [-0.15, -0.1) is 0 Å². The standard InChI is InChI=1S/C17H35N3/c1-4-10-19-12-7-17(8-13-19)18-16-6-5-11-20(14-9-16)15(2)3/h15-18H,4-14H2,1-3H3. The first kappa shape index (κ1) is 16.3. The van der Waals surface area contributed by atoms with Gasteiger partial charge in [0.1, 0.15) is 0 Å². The molecule has 0 aromatic heterocycles. The molecule has 2 saturated heterocycles. The molecular formula is C17H35N3. The molecule has 2 heterocycles. The number of nitrogens with zero attached hydrogens (tertiary/aromatic N) is 2. The second kappa shape index (κ2) is 8.35. The van der Waals surface area contributed by atoms with Crippen LogP contribution in [0.15, 0.2) is 0 Å². The van der Waals surface area contributed by atoms with E-state index in [0.717, 1.165) is 12.1 Å². The van der Waals surface area contributed by atoms with E-state index in [4.69, 9.17) is 0 Å². The van der Waals surface area contributed by atoms with E-state index in [1.807, 2.05) is 0 Å². The lowest BCUT2D eigenvalue weighted by Gasteiger charge is -2.34. The Labute approximate surface area is 126 Å². The van der Waals surface area contributed by atoms with Crippen LogP contribution in [0.1, 0.15) is 59.3 Å². The third kappa shape index (κ3) is 5.01. The number of rotatable bonds is 5. The SMILES string of the molecule is CCCN1CCC(NC2CCCN(C(C)C)CC2)CC1. The number of piperidine rings is 1. The van der Waals surface area contributed by atoms with Crippen molar-refractivity contribution in [2.75, 3.05) is 32.7 Å². The molecule has 0 aromatic rings. The minimum Gasteiger partial charge on any atom is -0.311 e. The summed E-state index contributed by atoms with van der Waals surface area (Å²) in [5.41, 5.74) is 0. The highest BCUT2D eigenvalue weighted by Gasteiger charge is 2.23. The van der Waals surface area contributed by atoms with Crippen LogP contribution in [0.2, 0.25) is 0 Å². The van der Waals surface area contributed by atoms with E-state index >= 15 is 0 Å². The Morgan fingerprint density at radius 2 is 1.60 bits per heavy atom. The Kier molecular flexibility index (Phi) is 6.79. The van der Waals surface area contributed by atoms with Gasteiger partial charge in [-0.2, -0.15) is 0 Å². The minimum absolute atomic E-state index is 0.714. The molecule has 1 atom stereocenters. The highest BCUT2D eigenvalue weighted by atomic mass is 15.2. The van der Waals surface area contributed by atoms with Crippen LogP contribution in [-0.4, -0.2) is 60.6 Å². The number of hydrogen-bond donors (Lipinski definition) is 1. The molecule has 3 nitrogen and oxygen atoms in total. The summed E-state index contributed by atoms with van der Waals surface area (Å²) in [5, 5.41) is 3.97. The molecule has 2 aliphatic heterocycles. The van der Waals surface area contributed by atoms with Gasteiger partial charge in [0.15, 0.2) is 0 Å². The monoisotopic (exact) mass is 281 g/mol. The van der Waals surface area contributed by atoms with Crippen LogP contribution in [0, 0.1) is 0 Å². The lowest BCUT2D eigenvalue weighted by atomic mass is 10.0. The second-order valence-electron chi connectivity index (χ2n) is 7.04. The Bertz CT molecular complexity index is 259. The van der Waals surface area contributed by atoms with Crippen molar-refractivity contribution < 1.29 is 0 Å². The zero-order valence-electron chi connectivity index (χ0n) is 13.9. The Morgan fingerprint density at radius 3 is 2.25 bits per heavy atom. The number of nitrogens with one attached hydrogen (secondary N) is 1. The summed E-state index contributed by atoms with van der Waals surface area (Å²) >= 11 is 0. The highest BCUT2D eigenvalue weighted by Crippen LogP contribution is 2.17. The predicted octanol–water partition coefficient (Wildman–Crippen LogP) is 2.71. The lowest BCUT2D eigenvalue weighted by molar-refractivity contribution is 0.187. The van der Waals surface area contributed by atoms with E-state index in [1.54, 1.807) is 0 Å². The summed E-state index contributed by atoms with van der Waals surface area (Å²) in [5.74, 6) is 0. The molecule has 1 unspecified atom stereocenters. The van der Waals surface area contributed by atoms with Gasteiger partial charge in [-0.3, -0.25) is 0 Å². The maximum absolute atomic E-state index is 3.97. The maximum Gasteiger partial charge on any atom is 0.00940 e. The fraction of sp³-hybridized carbons (Fsp3) is 1.00. The van der Waals surface area contributed by atoms with Gasteiger partial charge in [-0.1, -0.05) is 6.92 Å². The molecule has 20 heavy (non-hydrogen) atoms. The molecule has 1 N–H and O–H groups in total. The van der Waals surface area contributed by atoms with Crippen LogP contribution in [0.4, 0.5) is 0 Å². The van der Waals surface area contributed by atoms with Crippen LogP contribution in [0.5, 0.6) is 0 Å². The van der Waals surface area contributed by atoms with Crippen molar-refractivity contribution in [1.82, 2.24) is 15.1 Å². The summed E-state index contributed by atoms with van der Waals surface area (Å²) in [6.45, 7) is 13.4. The third-order valence-electron chi connectivity index (χ3n) is 5.09. The first-order chi connectivity index (χ1) is 9.69. The van der Waals surface area contributed by atoms with Crippen LogP contribution < -0.4 is 5.32 Å². The van der Waals surface area contributed by atoms with Gasteiger partial charge >= 0.3 is 0 Å². The van der Waals surface area contributed by atoms with Crippen molar-refractivity contribution in [3.63, 3.8) is 0 Å². The van der Waals surface area contributed by atoms with Crippen molar-refractivity contribution in [3.8, 4) is 0 Å². The first-order valence-corrected chi connectivity index (χ1v) is 8.91. The fourth-order valence-electron chi connectivity index (χ4n) is 3.77. The summed E-state index contributed by atoms with van der Waals surface area (Å²) < 4.78 is 0. The zero-order chi connectivity index (χ0) is 14.4. The smallest absolute Gasteiger partial charge is 0.00940 e. The van der Waals surface area contributed by atoms with Crippen molar-refractivity contribution in [3.05, 3.63) is 0 Å². The van der Waals surface area contributed by atoms with Crippen molar-refractivity contribution >= 4 is 0 Å². The molecule has 2 rings (SSSR count). The predicted molar refractivity (Wildman–Crippen MR) is 87.2 cm³/mol. The van der Waals surface area contributed by atoms with Gasteiger partial charge in [-0.05, 0) is 85.1 Å². The quantitative estimate of drug-likeness (QED) is 0.836. The van der Waals surface area contributed by atoms with Gasteiger partial charge in [0.25, 0.3) is 0 Å². The average molecular weight is 281 g/mol. The Balaban J connectivity index is 1.69. The van der Waals surface area contributed by atoms with Crippen LogP contribution >= 0.6 is 0 Å². The Morgan fingerprint density at radius 1 is 0.950 bits per heavy atom. The largest absolute Gasteiger partial charge is 0.311 e. The minimum atomic E-state index is 0.714. The molecule has 2 fully saturated rings. The van der Waals surface area contributed by atoms with Crippen LogP contribution in [0.25, 0.3) is 0 Å². The normalized spacial score (nSPS) is 27.9. The molecule has 0 aromatic carbocycles. The first-order valence-electron chi connectivity index (χ1n) is 8.91. The maximum atomic E-state index is 3.97. The van der Waals surface area contributed by atoms with E-state index in [1.165, 1.54) is 71.2 Å². The van der Waals surface area contributed by atoms with E-state index in [9.17, 15) is 0 Å². The summed E-state index contributed by atoms with van der Waals surface area (Å²) in [6.07, 6.45) is 8.08. The second-order valence-corrected chi connectivity index (χ2v) is 7.04. The zero-order valence-corrected chi connectivity index (χ0v) is 13.9. The van der Waals surface area contributed by atoms with Crippen molar-refractivity contribution in [2.24, 2.45) is 0 Å². The fourth-order valence-corrected chi connectivity index (χ4v) is 3.77. The summed E-state index contributed by atoms with van der Waals surface area (Å²) in [4.78, 5) is 5.28. The van der Waals surface area contributed by atoms with Crippen LogP contribution in [-0.2, 0) is 0 Å². The van der Waals surface area contributed by atoms with E-state index < -0.39 is 0 Å². The molecule has 0 aliphatic carbocycles. The molecule has 0 spiro atoms. The number of hydrogen-bond acceptors (Lipinski definition) is 3. The van der Waals surface area contributed by atoms with Gasteiger partial charge < -0.3 is 15.1 Å².